The lowest BCUT2D eigenvalue weighted by atomic mass is 9.80. The van der Waals surface area contributed by atoms with Crippen LogP contribution in [0.25, 0.3) is 16.8 Å². The molecule has 1 saturated carbocycles. The van der Waals surface area contributed by atoms with E-state index >= 15 is 4.39 Å². The first-order chi connectivity index (χ1) is 21.5. The molecule has 0 unspecified atom stereocenters. The van der Waals surface area contributed by atoms with Crippen LogP contribution in [0.4, 0.5) is 32.2 Å². The van der Waals surface area contributed by atoms with Crippen LogP contribution in [-0.2, 0) is 20.9 Å². The van der Waals surface area contributed by atoms with E-state index in [2.05, 4.69) is 15.1 Å². The molecule has 3 amide bonds. The number of ether oxygens (including phenoxy) is 2. The van der Waals surface area contributed by atoms with Gasteiger partial charge in [-0.1, -0.05) is 0 Å². The largest absolute Gasteiger partial charge is 0.480 e. The second-order valence-electron chi connectivity index (χ2n) is 11.4. The summed E-state index contributed by atoms with van der Waals surface area (Å²) in [6.07, 6.45) is -7.28. The van der Waals surface area contributed by atoms with Gasteiger partial charge in [0, 0.05) is 42.6 Å². The number of alkyl halides is 6. The van der Waals surface area contributed by atoms with Crippen molar-refractivity contribution in [2.75, 3.05) is 25.9 Å². The minimum absolute atomic E-state index is 0.0786. The molecule has 46 heavy (non-hydrogen) atoms. The van der Waals surface area contributed by atoms with Gasteiger partial charge in [-0.15, -0.1) is 0 Å². The number of likely N-dealkylation sites (tertiary alicyclic amines) is 1. The molecule has 12 nitrogen and oxygen atoms in total. The third-order valence-corrected chi connectivity index (χ3v) is 7.79. The predicted molar refractivity (Wildman–Crippen MR) is 147 cm³/mol. The smallest absolute Gasteiger partial charge is 0.471 e. The van der Waals surface area contributed by atoms with Gasteiger partial charge in [0.05, 0.1) is 38.1 Å². The quantitative estimate of drug-likeness (QED) is 0.360. The van der Waals surface area contributed by atoms with Gasteiger partial charge in [-0.25, -0.2) is 27.7 Å². The van der Waals surface area contributed by atoms with Gasteiger partial charge in [-0.3, -0.25) is 19.3 Å². The van der Waals surface area contributed by atoms with Gasteiger partial charge in [0.2, 0.25) is 17.7 Å². The van der Waals surface area contributed by atoms with Crippen molar-refractivity contribution in [3.8, 4) is 17.1 Å². The highest BCUT2D eigenvalue weighted by Gasteiger charge is 2.55. The van der Waals surface area contributed by atoms with Crippen molar-refractivity contribution in [3.63, 3.8) is 0 Å². The number of nitrogens with two attached hydrogens (primary N) is 1. The molecule has 2 atom stereocenters. The Morgan fingerprint density at radius 2 is 1.85 bits per heavy atom. The van der Waals surface area contributed by atoms with Crippen LogP contribution in [-0.4, -0.2) is 97.7 Å². The molecular weight excluding hydrogens is 628 g/mol. The number of carbonyl (C=O) groups is 3. The fourth-order valence-corrected chi connectivity index (χ4v) is 5.55. The van der Waals surface area contributed by atoms with Crippen LogP contribution in [0.3, 0.4) is 0 Å². The zero-order valence-corrected chi connectivity index (χ0v) is 24.7. The van der Waals surface area contributed by atoms with Crippen molar-refractivity contribution in [1.82, 2.24) is 29.4 Å². The molecule has 5 rings (SSSR count). The molecule has 0 bridgehead atoms. The standard InChI is InChI=1S/C28H29F6N7O5/c1-13(2)46-11-15-5-19(41-21(15)22(35)37-12-38-41)14-4-17(23(45-3)36-8-14)25(43)40(26(44)28(32,33)34)20-10-39(9-18(20)29)24(42)16-6-27(30,31)7-16/h4-5,8,12-13,16,18,20H,6-7,9-11H2,1-3H3,(H2,35,37,38)/t18-,20+/m0/s1. The van der Waals surface area contributed by atoms with E-state index in [0.29, 0.717) is 11.1 Å². The zero-order chi connectivity index (χ0) is 33.7. The summed E-state index contributed by atoms with van der Waals surface area (Å²) in [7, 11) is 1.08. The molecule has 4 heterocycles. The summed E-state index contributed by atoms with van der Waals surface area (Å²) in [6, 6.07) is 0.613. The number of rotatable bonds is 8. The lowest BCUT2D eigenvalue weighted by Crippen LogP contribution is -2.54. The molecule has 1 aliphatic heterocycles. The number of fused-ring (bicyclic) bond motifs is 1. The van der Waals surface area contributed by atoms with Crippen molar-refractivity contribution in [2.24, 2.45) is 5.92 Å². The SMILES string of the molecule is COc1ncc(-c2cc(COC(C)C)c3c(N)ncnn23)cc1C(=O)N(C(=O)C(F)(F)F)[C@@H]1CN(C(=O)C2CC(F)(F)C2)C[C@@H]1F. The predicted octanol–water partition coefficient (Wildman–Crippen LogP) is 3.43. The Labute approximate surface area is 257 Å². The first kappa shape index (κ1) is 32.9. The van der Waals surface area contributed by atoms with Crippen LogP contribution in [0.2, 0.25) is 0 Å². The maximum absolute atomic E-state index is 15.3. The number of hydrogen-bond acceptors (Lipinski definition) is 9. The summed E-state index contributed by atoms with van der Waals surface area (Å²) in [4.78, 5) is 47.7. The first-order valence-electron chi connectivity index (χ1n) is 14.0. The molecule has 2 aliphatic rings. The second-order valence-corrected chi connectivity index (χ2v) is 11.4. The molecule has 3 aromatic rings. The van der Waals surface area contributed by atoms with Crippen LogP contribution in [0.5, 0.6) is 5.88 Å². The maximum atomic E-state index is 15.3. The number of nitrogens with zero attached hydrogens (tertiary/aromatic N) is 6. The molecular formula is C28H29F6N7O5. The molecule has 18 heteroatoms. The molecule has 1 saturated heterocycles. The Morgan fingerprint density at radius 1 is 1.15 bits per heavy atom. The number of hydrogen-bond donors (Lipinski definition) is 1. The Morgan fingerprint density at radius 3 is 2.46 bits per heavy atom. The summed E-state index contributed by atoms with van der Waals surface area (Å²) in [5, 5.41) is 4.19. The highest BCUT2D eigenvalue weighted by molar-refractivity contribution is 6.08. The van der Waals surface area contributed by atoms with E-state index in [0.717, 1.165) is 24.4 Å². The summed E-state index contributed by atoms with van der Waals surface area (Å²) in [5.74, 6) is -9.83. The average molecular weight is 658 g/mol. The van der Waals surface area contributed by atoms with E-state index in [9.17, 15) is 36.3 Å². The van der Waals surface area contributed by atoms with Crippen LogP contribution in [0, 0.1) is 5.92 Å². The minimum atomic E-state index is -5.63. The lowest BCUT2D eigenvalue weighted by Gasteiger charge is -2.36. The third-order valence-electron chi connectivity index (χ3n) is 7.79. The van der Waals surface area contributed by atoms with E-state index < -0.39 is 85.3 Å². The summed E-state index contributed by atoms with van der Waals surface area (Å²) < 4.78 is 95.7. The number of nitrogen functional groups attached to an aromatic ring is 1. The molecule has 248 valence electrons. The molecule has 2 fully saturated rings. The van der Waals surface area contributed by atoms with E-state index in [-0.39, 0.29) is 34.7 Å². The van der Waals surface area contributed by atoms with Gasteiger partial charge in [-0.2, -0.15) is 18.3 Å². The second kappa shape index (κ2) is 12.0. The Bertz CT molecular complexity index is 1670. The molecule has 0 spiro atoms. The number of halogens is 6. The summed E-state index contributed by atoms with van der Waals surface area (Å²) >= 11 is 0. The number of carbonyl (C=O) groups excluding carboxylic acids is 3. The minimum Gasteiger partial charge on any atom is -0.480 e. The zero-order valence-electron chi connectivity index (χ0n) is 24.7. The molecule has 2 N–H and O–H groups in total. The van der Waals surface area contributed by atoms with E-state index in [1.54, 1.807) is 6.07 Å². The average Bonchev–Trinajstić information content (AvgIpc) is 3.55. The van der Waals surface area contributed by atoms with Crippen LogP contribution in [0.15, 0.2) is 24.7 Å². The summed E-state index contributed by atoms with van der Waals surface area (Å²) in [6.45, 7) is 2.07. The molecule has 0 radical (unpaired) electrons. The number of amides is 3. The number of imide groups is 1. The van der Waals surface area contributed by atoms with Gasteiger partial charge >= 0.3 is 12.1 Å². The monoisotopic (exact) mass is 657 g/mol. The maximum Gasteiger partial charge on any atom is 0.471 e. The van der Waals surface area contributed by atoms with Crippen molar-refractivity contribution in [1.29, 1.82) is 0 Å². The Hall–Kier alpha value is -4.48. The molecule has 1 aliphatic carbocycles. The van der Waals surface area contributed by atoms with Gasteiger partial charge < -0.3 is 20.1 Å². The number of aromatic nitrogens is 4. The topological polar surface area (TPSA) is 145 Å². The van der Waals surface area contributed by atoms with Gasteiger partial charge in [0.25, 0.3) is 5.91 Å². The Kier molecular flexibility index (Phi) is 8.61. The van der Waals surface area contributed by atoms with Crippen molar-refractivity contribution >= 4 is 29.1 Å². The number of methoxy groups -OCH3 is 1. The summed E-state index contributed by atoms with van der Waals surface area (Å²) in [5.41, 5.74) is 6.74. The number of pyridine rings is 1. The third kappa shape index (κ3) is 6.17. The van der Waals surface area contributed by atoms with Crippen molar-refractivity contribution < 1.29 is 50.2 Å². The first-order valence-corrected chi connectivity index (χ1v) is 14.0. The van der Waals surface area contributed by atoms with E-state index in [4.69, 9.17) is 15.2 Å². The molecule has 3 aromatic heterocycles. The van der Waals surface area contributed by atoms with Crippen molar-refractivity contribution in [3.05, 3.63) is 35.8 Å². The number of anilines is 1. The molecule has 0 aromatic carbocycles. The highest BCUT2D eigenvalue weighted by Crippen LogP contribution is 2.44. The highest BCUT2D eigenvalue weighted by atomic mass is 19.4. The lowest BCUT2D eigenvalue weighted by molar-refractivity contribution is -0.184. The Balaban J connectivity index is 1.54. The van der Waals surface area contributed by atoms with Gasteiger partial charge in [-0.05, 0) is 26.0 Å². The fourth-order valence-electron chi connectivity index (χ4n) is 5.55. The van der Waals surface area contributed by atoms with E-state index in [1.165, 1.54) is 10.7 Å². The fraction of sp³-hybridized carbons (Fsp3) is 0.500. The normalized spacial score (nSPS) is 19.8. The van der Waals surface area contributed by atoms with Gasteiger partial charge in [0.1, 0.15) is 23.6 Å². The van der Waals surface area contributed by atoms with Gasteiger partial charge in [0.15, 0.2) is 5.82 Å². The van der Waals surface area contributed by atoms with E-state index in [1.807, 2.05) is 13.8 Å². The van der Waals surface area contributed by atoms with Crippen LogP contribution in [0.1, 0.15) is 42.6 Å². The van der Waals surface area contributed by atoms with Crippen LogP contribution >= 0.6 is 0 Å². The van der Waals surface area contributed by atoms with Crippen LogP contribution < -0.4 is 10.5 Å². The van der Waals surface area contributed by atoms with Crippen molar-refractivity contribution in [2.45, 2.75) is 63.7 Å².